The first kappa shape index (κ1) is 17.3. The van der Waals surface area contributed by atoms with E-state index in [9.17, 15) is 9.18 Å². The first-order valence-corrected chi connectivity index (χ1v) is 10.00. The molecule has 10 heteroatoms. The fraction of sp³-hybridized carbons (Fsp3) is 0.350. The molecule has 4 aromatic heterocycles. The normalized spacial score (nSPS) is 19.1. The van der Waals surface area contributed by atoms with Gasteiger partial charge in [-0.05, 0) is 31.0 Å². The van der Waals surface area contributed by atoms with Crippen molar-refractivity contribution in [2.24, 2.45) is 0 Å². The number of halogens is 1. The summed E-state index contributed by atoms with van der Waals surface area (Å²) < 4.78 is 21.1. The number of amides is 1. The number of aromatic amines is 1. The van der Waals surface area contributed by atoms with Crippen molar-refractivity contribution in [2.45, 2.75) is 37.6 Å². The van der Waals surface area contributed by atoms with Crippen LogP contribution < -0.4 is 0 Å². The van der Waals surface area contributed by atoms with Crippen molar-refractivity contribution < 1.29 is 13.6 Å². The Bertz CT molecular complexity index is 1260. The van der Waals surface area contributed by atoms with Crippen molar-refractivity contribution in [3.63, 3.8) is 0 Å². The third-order valence-electron chi connectivity index (χ3n) is 6.00. The Balaban J connectivity index is 1.41. The molecule has 0 unspecified atom stereocenters. The van der Waals surface area contributed by atoms with E-state index in [1.807, 2.05) is 0 Å². The summed E-state index contributed by atoms with van der Waals surface area (Å²) in [4.78, 5) is 22.5. The van der Waals surface area contributed by atoms with Crippen LogP contribution in [0.4, 0.5) is 4.39 Å². The van der Waals surface area contributed by atoms with Gasteiger partial charge in [-0.3, -0.25) is 4.79 Å². The van der Waals surface area contributed by atoms with Crippen LogP contribution in [-0.2, 0) is 6.42 Å². The van der Waals surface area contributed by atoms with Gasteiger partial charge in [0.25, 0.3) is 0 Å². The zero-order valence-electron chi connectivity index (χ0n) is 16.0. The van der Waals surface area contributed by atoms with E-state index in [-0.39, 0.29) is 17.7 Å². The van der Waals surface area contributed by atoms with Crippen LogP contribution >= 0.6 is 0 Å². The molecule has 1 aliphatic heterocycles. The zero-order valence-corrected chi connectivity index (χ0v) is 16.0. The molecule has 0 radical (unpaired) electrons. The summed E-state index contributed by atoms with van der Waals surface area (Å²) in [6, 6.07) is 5.92. The van der Waals surface area contributed by atoms with Crippen molar-refractivity contribution >= 4 is 11.4 Å². The minimum atomic E-state index is -0.578. The van der Waals surface area contributed by atoms with Crippen molar-refractivity contribution in [3.8, 4) is 0 Å². The van der Waals surface area contributed by atoms with E-state index in [0.29, 0.717) is 35.8 Å². The summed E-state index contributed by atoms with van der Waals surface area (Å²) in [5.41, 5.74) is 2.75. The first-order chi connectivity index (χ1) is 14.7. The highest BCUT2D eigenvalue weighted by Crippen LogP contribution is 2.37. The van der Waals surface area contributed by atoms with Gasteiger partial charge in [0, 0.05) is 24.6 Å². The van der Waals surface area contributed by atoms with Gasteiger partial charge in [-0.15, -0.1) is 10.2 Å². The van der Waals surface area contributed by atoms with E-state index in [4.69, 9.17) is 4.42 Å². The average Bonchev–Trinajstić information content (AvgIpc) is 3.44. The number of imidazole rings is 1. The molecule has 9 nitrogen and oxygen atoms in total. The van der Waals surface area contributed by atoms with Gasteiger partial charge in [0.2, 0.25) is 11.8 Å². The van der Waals surface area contributed by atoms with Crippen molar-refractivity contribution in [1.29, 1.82) is 0 Å². The highest BCUT2D eigenvalue weighted by Gasteiger charge is 2.38. The molecule has 1 atom stereocenters. The van der Waals surface area contributed by atoms with Crippen LogP contribution in [0.15, 0.2) is 35.0 Å². The maximum Gasteiger partial charge on any atom is 0.312 e. The monoisotopic (exact) mass is 407 g/mol. The summed E-state index contributed by atoms with van der Waals surface area (Å²) >= 11 is 0. The minimum absolute atomic E-state index is 0.0316. The fourth-order valence-electron chi connectivity index (χ4n) is 4.19. The smallest absolute Gasteiger partial charge is 0.312 e. The van der Waals surface area contributed by atoms with Gasteiger partial charge in [-0.25, -0.2) is 9.50 Å². The SMILES string of the molecule is O=C(c1nnc(C2CCC2)o1)N1CCc2[nH]cnc2[C@@H]1c1cc2cccc(F)n2n1. The number of fused-ring (bicyclic) bond motifs is 2. The third-order valence-corrected chi connectivity index (χ3v) is 6.00. The number of carbonyl (C=O) groups excluding carboxylic acids is 1. The predicted molar refractivity (Wildman–Crippen MR) is 101 cm³/mol. The number of hydrogen-bond donors (Lipinski definition) is 1. The Morgan fingerprint density at radius 1 is 1.27 bits per heavy atom. The van der Waals surface area contributed by atoms with Crippen LogP contribution in [0.25, 0.3) is 5.52 Å². The summed E-state index contributed by atoms with van der Waals surface area (Å²) in [7, 11) is 0. The highest BCUT2D eigenvalue weighted by molar-refractivity contribution is 5.90. The summed E-state index contributed by atoms with van der Waals surface area (Å²) in [6.45, 7) is 0.427. The minimum Gasteiger partial charge on any atom is -0.417 e. The van der Waals surface area contributed by atoms with Crippen molar-refractivity contribution in [3.05, 3.63) is 65.4 Å². The topological polar surface area (TPSA) is 105 Å². The van der Waals surface area contributed by atoms with Gasteiger partial charge in [0.05, 0.1) is 23.2 Å². The molecule has 2 aliphatic rings. The maximum absolute atomic E-state index is 14.2. The van der Waals surface area contributed by atoms with Gasteiger partial charge in [0.15, 0.2) is 0 Å². The molecule has 1 amide bonds. The molecule has 152 valence electrons. The summed E-state index contributed by atoms with van der Waals surface area (Å²) in [6.07, 6.45) is 5.36. The molecule has 0 saturated heterocycles. The largest absolute Gasteiger partial charge is 0.417 e. The molecule has 0 aromatic carbocycles. The zero-order chi connectivity index (χ0) is 20.2. The van der Waals surface area contributed by atoms with E-state index in [1.165, 1.54) is 10.6 Å². The van der Waals surface area contributed by atoms with Crippen LogP contribution in [0.3, 0.4) is 0 Å². The predicted octanol–water partition coefficient (Wildman–Crippen LogP) is 2.63. The number of pyridine rings is 1. The van der Waals surface area contributed by atoms with E-state index >= 15 is 0 Å². The lowest BCUT2D eigenvalue weighted by Crippen LogP contribution is -2.41. The second kappa shape index (κ2) is 6.48. The fourth-order valence-corrected chi connectivity index (χ4v) is 4.19. The standard InChI is InChI=1S/C20H18FN7O2/c21-15-6-2-5-12-9-14(26-28(12)15)17-16-13(22-10-23-16)7-8-27(17)20(29)19-25-24-18(30-19)11-3-1-4-11/h2,5-6,9-11,17H,1,3-4,7-8H2,(H,22,23)/t17-/m0/s1. The second-order valence-electron chi connectivity index (χ2n) is 7.75. The van der Waals surface area contributed by atoms with Crippen LogP contribution in [0.2, 0.25) is 0 Å². The second-order valence-corrected chi connectivity index (χ2v) is 7.75. The maximum atomic E-state index is 14.2. The lowest BCUT2D eigenvalue weighted by molar-refractivity contribution is 0.0642. The van der Waals surface area contributed by atoms with Crippen LogP contribution in [0, 0.1) is 5.95 Å². The van der Waals surface area contributed by atoms with Crippen LogP contribution in [0.5, 0.6) is 0 Å². The lowest BCUT2D eigenvalue weighted by atomic mass is 9.85. The molecule has 0 bridgehead atoms. The Kier molecular flexibility index (Phi) is 3.74. The van der Waals surface area contributed by atoms with Gasteiger partial charge >= 0.3 is 11.8 Å². The van der Waals surface area contributed by atoms with Crippen LogP contribution in [0.1, 0.15) is 64.9 Å². The van der Waals surface area contributed by atoms with Crippen molar-refractivity contribution in [2.75, 3.05) is 6.54 Å². The van der Waals surface area contributed by atoms with Gasteiger partial charge in [-0.1, -0.05) is 12.5 Å². The van der Waals surface area contributed by atoms with Crippen molar-refractivity contribution in [1.82, 2.24) is 34.7 Å². The molecule has 5 heterocycles. The quantitative estimate of drug-likeness (QED) is 0.524. The first-order valence-electron chi connectivity index (χ1n) is 10.00. The van der Waals surface area contributed by atoms with Crippen LogP contribution in [-0.4, -0.2) is 47.1 Å². The molecule has 1 fully saturated rings. The van der Waals surface area contributed by atoms with E-state index in [2.05, 4.69) is 25.3 Å². The Labute approximate surface area is 169 Å². The Morgan fingerprint density at radius 3 is 2.97 bits per heavy atom. The molecule has 1 N–H and O–H groups in total. The molecule has 6 rings (SSSR count). The highest BCUT2D eigenvalue weighted by atomic mass is 19.1. The number of rotatable bonds is 3. The third kappa shape index (κ3) is 2.56. The van der Waals surface area contributed by atoms with E-state index in [1.54, 1.807) is 29.4 Å². The van der Waals surface area contributed by atoms with E-state index in [0.717, 1.165) is 25.0 Å². The van der Waals surface area contributed by atoms with E-state index < -0.39 is 12.0 Å². The molecule has 1 saturated carbocycles. The summed E-state index contributed by atoms with van der Waals surface area (Å²) in [5, 5.41) is 12.5. The number of hydrogen-bond acceptors (Lipinski definition) is 6. The van der Waals surface area contributed by atoms with Gasteiger partial charge in [-0.2, -0.15) is 9.49 Å². The molecule has 1 aliphatic carbocycles. The number of H-pyrrole nitrogens is 1. The number of nitrogens with zero attached hydrogens (tertiary/aromatic N) is 6. The Morgan fingerprint density at radius 2 is 2.17 bits per heavy atom. The molecule has 30 heavy (non-hydrogen) atoms. The molecule has 0 spiro atoms. The summed E-state index contributed by atoms with van der Waals surface area (Å²) in [5.74, 6) is -0.110. The molecule has 4 aromatic rings. The molecular formula is C20H18FN7O2. The lowest BCUT2D eigenvalue weighted by Gasteiger charge is -2.32. The number of carbonyl (C=O) groups is 1. The number of aromatic nitrogens is 6. The number of nitrogens with one attached hydrogen (secondary N) is 1. The Hall–Kier alpha value is -3.56. The van der Waals surface area contributed by atoms with Gasteiger partial charge in [0.1, 0.15) is 6.04 Å². The average molecular weight is 407 g/mol. The molecular weight excluding hydrogens is 389 g/mol. The van der Waals surface area contributed by atoms with Gasteiger partial charge < -0.3 is 14.3 Å².